The third-order valence-corrected chi connectivity index (χ3v) is 5.26. The van der Waals surface area contributed by atoms with E-state index < -0.39 is 23.6 Å². The first kappa shape index (κ1) is 17.5. The summed E-state index contributed by atoms with van der Waals surface area (Å²) in [6.07, 6.45) is 0. The molecule has 1 heterocycles. The molecule has 1 fully saturated rings. The highest BCUT2D eigenvalue weighted by Crippen LogP contribution is 2.38. The summed E-state index contributed by atoms with van der Waals surface area (Å²) in [7, 11) is -0.543. The Bertz CT molecular complexity index is 559. The molecule has 0 amide bonds. The van der Waals surface area contributed by atoms with E-state index in [2.05, 4.69) is 31.9 Å². The van der Waals surface area contributed by atoms with Gasteiger partial charge < -0.3 is 9.31 Å². The molecule has 0 spiro atoms. The van der Waals surface area contributed by atoms with Crippen molar-refractivity contribution in [2.75, 3.05) is 0 Å². The summed E-state index contributed by atoms with van der Waals surface area (Å²) in [6, 6.07) is 5.25. The fourth-order valence-electron chi connectivity index (χ4n) is 2.07. The molecule has 0 atom stereocenters. The molecule has 114 valence electrons. The van der Waals surface area contributed by atoms with E-state index in [4.69, 9.17) is 20.9 Å². The minimum Gasteiger partial charge on any atom is -0.399 e. The highest BCUT2D eigenvalue weighted by atomic mass is 79.9. The van der Waals surface area contributed by atoms with Crippen LogP contribution in [0.3, 0.4) is 0 Å². The van der Waals surface area contributed by atoms with Gasteiger partial charge in [0.05, 0.1) is 14.9 Å². The van der Waals surface area contributed by atoms with E-state index in [0.29, 0.717) is 5.56 Å². The lowest BCUT2D eigenvalue weighted by molar-refractivity contribution is 0.00578. The van der Waals surface area contributed by atoms with Crippen LogP contribution in [0.5, 0.6) is 0 Å². The highest BCUT2D eigenvalue weighted by Gasteiger charge is 2.52. The summed E-state index contributed by atoms with van der Waals surface area (Å²) in [6.45, 7) is 7.96. The van der Waals surface area contributed by atoms with Crippen LogP contribution in [-0.2, 0) is 9.31 Å². The normalized spacial score (nSPS) is 20.1. The number of alkyl halides is 2. The average Bonchev–Trinajstić information content (AvgIpc) is 2.57. The zero-order valence-electron chi connectivity index (χ0n) is 12.2. The van der Waals surface area contributed by atoms with Crippen molar-refractivity contribution < 1.29 is 14.1 Å². The van der Waals surface area contributed by atoms with Crippen LogP contribution in [0.2, 0.25) is 0 Å². The van der Waals surface area contributed by atoms with Gasteiger partial charge in [0.25, 0.3) is 5.24 Å². The van der Waals surface area contributed by atoms with Gasteiger partial charge in [-0.15, -0.1) is 0 Å². The number of hydrogen-bond donors (Lipinski definition) is 0. The predicted octanol–water partition coefficient (Wildman–Crippen LogP) is 4.15. The van der Waals surface area contributed by atoms with E-state index in [9.17, 15) is 4.79 Å². The topological polar surface area (TPSA) is 35.5 Å². The third kappa shape index (κ3) is 3.40. The standard InChI is InChI=1S/C14H16BBr2ClO3/c1-13(2)14(3,4)21-15(20-13)10-7-8(12(18)19)5-6-9(10)11(16)17/h5-7,11H,1-4H3. The Hall–Kier alpha value is 0.125. The minimum atomic E-state index is -0.543. The second-order valence-corrected chi connectivity index (χ2v) is 9.41. The molecule has 7 heteroatoms. The van der Waals surface area contributed by atoms with Gasteiger partial charge in [-0.1, -0.05) is 37.9 Å². The molecule has 21 heavy (non-hydrogen) atoms. The van der Waals surface area contributed by atoms with Crippen molar-refractivity contribution in [2.24, 2.45) is 0 Å². The van der Waals surface area contributed by atoms with Gasteiger partial charge in [-0.2, -0.15) is 0 Å². The molecule has 0 aliphatic carbocycles. The SMILES string of the molecule is CC1(C)OB(c2cc(C(=O)Cl)ccc2C(Br)Br)OC1(C)C. The fraction of sp³-hybridized carbons (Fsp3) is 0.500. The van der Waals surface area contributed by atoms with Gasteiger partial charge in [-0.25, -0.2) is 0 Å². The number of benzene rings is 1. The Morgan fingerprint density at radius 2 is 1.71 bits per heavy atom. The van der Waals surface area contributed by atoms with Crippen LogP contribution >= 0.6 is 43.5 Å². The Morgan fingerprint density at radius 1 is 1.19 bits per heavy atom. The molecular formula is C14H16BBr2ClO3. The van der Waals surface area contributed by atoms with Crippen LogP contribution in [0.15, 0.2) is 18.2 Å². The predicted molar refractivity (Wildman–Crippen MR) is 92.9 cm³/mol. The fourth-order valence-corrected chi connectivity index (χ4v) is 3.02. The molecule has 1 aliphatic heterocycles. The summed E-state index contributed by atoms with van der Waals surface area (Å²) in [4.78, 5) is 11.4. The molecule has 1 aromatic carbocycles. The zero-order valence-corrected chi connectivity index (χ0v) is 16.2. The summed E-state index contributed by atoms with van der Waals surface area (Å²) < 4.78 is 12.0. The summed E-state index contributed by atoms with van der Waals surface area (Å²) in [5.41, 5.74) is 1.27. The lowest BCUT2D eigenvalue weighted by atomic mass is 9.75. The van der Waals surface area contributed by atoms with Crippen molar-refractivity contribution in [2.45, 2.75) is 42.6 Å². The van der Waals surface area contributed by atoms with Crippen molar-refractivity contribution in [1.29, 1.82) is 0 Å². The number of hydrogen-bond acceptors (Lipinski definition) is 3. The Labute approximate surface area is 147 Å². The molecule has 0 unspecified atom stereocenters. The van der Waals surface area contributed by atoms with Gasteiger partial charge in [-0.3, -0.25) is 4.79 Å². The number of carbonyl (C=O) groups is 1. The Morgan fingerprint density at radius 3 is 2.14 bits per heavy atom. The van der Waals surface area contributed by atoms with Gasteiger partial charge in [0, 0.05) is 5.56 Å². The molecule has 1 aliphatic rings. The maximum atomic E-state index is 11.4. The van der Waals surface area contributed by atoms with E-state index in [-0.39, 0.29) is 3.74 Å². The Kier molecular flexibility index (Phi) is 4.97. The maximum absolute atomic E-state index is 11.4. The minimum absolute atomic E-state index is 0.0708. The van der Waals surface area contributed by atoms with Crippen LogP contribution < -0.4 is 5.46 Å². The summed E-state index contributed by atoms with van der Waals surface area (Å²) in [5.74, 6) is 0. The average molecular weight is 438 g/mol. The molecule has 0 radical (unpaired) electrons. The van der Waals surface area contributed by atoms with Crippen LogP contribution in [-0.4, -0.2) is 23.6 Å². The molecule has 3 nitrogen and oxygen atoms in total. The van der Waals surface area contributed by atoms with Crippen molar-refractivity contribution in [3.63, 3.8) is 0 Å². The Balaban J connectivity index is 2.48. The zero-order chi connectivity index (χ0) is 16.0. The molecule has 2 rings (SSSR count). The lowest BCUT2D eigenvalue weighted by Crippen LogP contribution is -2.41. The smallest absolute Gasteiger partial charge is 0.399 e. The largest absolute Gasteiger partial charge is 0.495 e. The first-order valence-corrected chi connectivity index (χ1v) is 8.73. The maximum Gasteiger partial charge on any atom is 0.495 e. The van der Waals surface area contributed by atoms with Gasteiger partial charge in [0.2, 0.25) is 0 Å². The van der Waals surface area contributed by atoms with Gasteiger partial charge in [0.15, 0.2) is 0 Å². The van der Waals surface area contributed by atoms with Crippen LogP contribution in [0.1, 0.15) is 47.4 Å². The van der Waals surface area contributed by atoms with Crippen LogP contribution in [0, 0.1) is 0 Å². The van der Waals surface area contributed by atoms with Crippen LogP contribution in [0.4, 0.5) is 0 Å². The van der Waals surface area contributed by atoms with Crippen molar-refractivity contribution in [3.05, 3.63) is 29.3 Å². The van der Waals surface area contributed by atoms with Crippen LogP contribution in [0.25, 0.3) is 0 Å². The van der Waals surface area contributed by atoms with E-state index in [1.165, 1.54) is 0 Å². The molecule has 0 bridgehead atoms. The van der Waals surface area contributed by atoms with Gasteiger partial charge in [0.1, 0.15) is 0 Å². The summed E-state index contributed by atoms with van der Waals surface area (Å²) in [5, 5.41) is -0.500. The molecule has 0 saturated carbocycles. The second-order valence-electron chi connectivity index (χ2n) is 6.01. The van der Waals surface area contributed by atoms with Crippen molar-refractivity contribution >= 4 is 61.3 Å². The quantitative estimate of drug-likeness (QED) is 0.404. The first-order valence-electron chi connectivity index (χ1n) is 6.52. The summed E-state index contributed by atoms with van der Waals surface area (Å²) >= 11 is 12.6. The molecule has 0 N–H and O–H groups in total. The van der Waals surface area contributed by atoms with E-state index in [1.54, 1.807) is 12.1 Å². The van der Waals surface area contributed by atoms with Crippen molar-refractivity contribution in [1.82, 2.24) is 0 Å². The van der Waals surface area contributed by atoms with Gasteiger partial charge >= 0.3 is 7.12 Å². The van der Waals surface area contributed by atoms with Crippen molar-refractivity contribution in [3.8, 4) is 0 Å². The van der Waals surface area contributed by atoms with E-state index >= 15 is 0 Å². The third-order valence-electron chi connectivity index (χ3n) is 4.06. The van der Waals surface area contributed by atoms with E-state index in [0.717, 1.165) is 11.0 Å². The number of halogens is 3. The monoisotopic (exact) mass is 436 g/mol. The molecule has 1 aromatic rings. The lowest BCUT2D eigenvalue weighted by Gasteiger charge is -2.32. The number of carbonyl (C=O) groups excluding carboxylic acids is 1. The molecule has 1 saturated heterocycles. The van der Waals surface area contributed by atoms with Gasteiger partial charge in [-0.05, 0) is 62.5 Å². The molecule has 0 aromatic heterocycles. The second kappa shape index (κ2) is 5.97. The highest BCUT2D eigenvalue weighted by molar-refractivity contribution is 9.24. The number of rotatable bonds is 3. The molecular weight excluding hydrogens is 422 g/mol. The van der Waals surface area contributed by atoms with E-state index in [1.807, 2.05) is 33.8 Å². The first-order chi connectivity index (χ1) is 9.55.